The molecule has 1 aliphatic heterocycles. The molecule has 10 nitrogen and oxygen atoms in total. The molecule has 0 aliphatic carbocycles. The highest BCUT2D eigenvalue weighted by Gasteiger charge is 2.43. The minimum Gasteiger partial charge on any atom is -0.383 e. The first-order valence-corrected chi connectivity index (χ1v) is 15.1. The molecule has 4 rings (SSSR count). The molecule has 250 valence electrons. The van der Waals surface area contributed by atoms with Crippen LogP contribution in [0.2, 0.25) is 0 Å². The molecule has 3 aromatic carbocycles. The van der Waals surface area contributed by atoms with E-state index in [2.05, 4.69) is 21.6 Å². The fourth-order valence-electron chi connectivity index (χ4n) is 5.29. The van der Waals surface area contributed by atoms with Crippen molar-refractivity contribution in [1.82, 2.24) is 4.90 Å². The first-order chi connectivity index (χ1) is 22.8. The number of benzene rings is 3. The maximum atomic E-state index is 14.5. The van der Waals surface area contributed by atoms with E-state index >= 15 is 0 Å². The van der Waals surface area contributed by atoms with Crippen molar-refractivity contribution in [3.05, 3.63) is 101 Å². The first kappa shape index (κ1) is 35.2. The monoisotopic (exact) mass is 661 g/mol. The Balaban J connectivity index is 1.73. The quantitative estimate of drug-likeness (QED) is 0.0856. The van der Waals surface area contributed by atoms with Crippen molar-refractivity contribution >= 4 is 35.4 Å². The van der Waals surface area contributed by atoms with Crippen molar-refractivity contribution in [3.8, 4) is 11.8 Å². The number of ether oxygens (including phenoxy) is 1. The van der Waals surface area contributed by atoms with Gasteiger partial charge in [0, 0.05) is 31.1 Å². The molecule has 4 N–H and O–H groups in total. The Morgan fingerprint density at radius 3 is 2.35 bits per heavy atom. The molecule has 0 bridgehead atoms. The van der Waals surface area contributed by atoms with Crippen LogP contribution < -0.4 is 16.4 Å². The molecule has 13 heteroatoms. The average Bonchev–Trinajstić information content (AvgIpc) is 3.13. The van der Waals surface area contributed by atoms with Gasteiger partial charge in [0.15, 0.2) is 5.96 Å². The minimum absolute atomic E-state index is 0.00480. The van der Waals surface area contributed by atoms with Crippen LogP contribution in [0.5, 0.6) is 0 Å². The Hall–Kier alpha value is -5.64. The Bertz CT molecular complexity index is 1780. The Labute approximate surface area is 275 Å². The van der Waals surface area contributed by atoms with E-state index in [1.165, 1.54) is 23.1 Å². The number of hydrogen-bond acceptors (Lipinski definition) is 6. The van der Waals surface area contributed by atoms with Gasteiger partial charge in [-0.2, -0.15) is 13.2 Å². The van der Waals surface area contributed by atoms with Crippen molar-refractivity contribution in [1.29, 1.82) is 0 Å². The highest BCUT2D eigenvalue weighted by molar-refractivity contribution is 6.11. The molecular weight excluding hydrogens is 627 g/mol. The number of carbonyl (C=O) groups excluding carboxylic acids is 4. The van der Waals surface area contributed by atoms with Crippen LogP contribution in [-0.4, -0.2) is 59.9 Å². The number of guanidine groups is 1. The van der Waals surface area contributed by atoms with Crippen molar-refractivity contribution in [3.63, 3.8) is 0 Å². The molecule has 0 spiro atoms. The maximum absolute atomic E-state index is 14.5. The van der Waals surface area contributed by atoms with Gasteiger partial charge in [0.2, 0.25) is 0 Å². The summed E-state index contributed by atoms with van der Waals surface area (Å²) in [5, 5.41) is 0. The maximum Gasteiger partial charge on any atom is 0.491 e. The topological polar surface area (TPSA) is 148 Å². The number of unbranched alkanes of at least 4 members (excludes halogenated alkanes) is 1. The summed E-state index contributed by atoms with van der Waals surface area (Å²) in [5.41, 5.74) is 12.4. The number of halogens is 3. The van der Waals surface area contributed by atoms with Gasteiger partial charge < -0.3 is 26.0 Å². The summed E-state index contributed by atoms with van der Waals surface area (Å²) in [6, 6.07) is 18.0. The molecule has 1 unspecified atom stereocenters. The van der Waals surface area contributed by atoms with E-state index in [9.17, 15) is 32.3 Å². The van der Waals surface area contributed by atoms with Crippen molar-refractivity contribution in [2.45, 2.75) is 51.4 Å². The number of nitrogens with two attached hydrogens (primary N) is 2. The van der Waals surface area contributed by atoms with Gasteiger partial charge in [-0.25, -0.2) is 9.59 Å². The third kappa shape index (κ3) is 8.38. The molecule has 0 radical (unpaired) electrons. The minimum atomic E-state index is -5.36. The lowest BCUT2D eigenvalue weighted by Gasteiger charge is -2.33. The molecule has 3 aromatic rings. The second-order valence-corrected chi connectivity index (χ2v) is 11.1. The number of fused-ring (bicyclic) bond motifs is 1. The van der Waals surface area contributed by atoms with Crippen molar-refractivity contribution < 1.29 is 37.1 Å². The number of hydrogen-bond donors (Lipinski definition) is 2. The van der Waals surface area contributed by atoms with Crippen LogP contribution in [0.25, 0.3) is 0 Å². The summed E-state index contributed by atoms with van der Waals surface area (Å²) in [6.45, 7) is 3.96. The molecular formula is C35H34F3N5O5. The Kier molecular flexibility index (Phi) is 11.2. The summed E-state index contributed by atoms with van der Waals surface area (Å²) >= 11 is 0. The second kappa shape index (κ2) is 15.3. The summed E-state index contributed by atoms with van der Waals surface area (Å²) in [7, 11) is 0. The largest absolute Gasteiger partial charge is 0.491 e. The van der Waals surface area contributed by atoms with Crippen LogP contribution in [0, 0.1) is 11.8 Å². The van der Waals surface area contributed by atoms with Crippen molar-refractivity contribution in [2.24, 2.45) is 16.5 Å². The zero-order valence-corrected chi connectivity index (χ0v) is 26.3. The van der Waals surface area contributed by atoms with Gasteiger partial charge in [-0.3, -0.25) is 14.6 Å². The first-order valence-electron chi connectivity index (χ1n) is 15.1. The molecule has 2 amide bonds. The molecule has 0 saturated heterocycles. The molecule has 1 heterocycles. The number of nitrogens with zero attached hydrogens (tertiary/aromatic N) is 3. The molecule has 0 saturated carbocycles. The Morgan fingerprint density at radius 2 is 1.69 bits per heavy atom. The van der Waals surface area contributed by atoms with E-state index in [0.717, 1.165) is 0 Å². The lowest BCUT2D eigenvalue weighted by molar-refractivity contribution is -0.193. The standard InChI is InChI=1S/C35H34F3N5O5/c1-22(2)43-28-17-16-23(11-5-4-10-19-41-34(39)40)21-27(28)30(44)42(29(31(43)45)25-13-6-3-7-14-25)20-18-24-12-8-9-15-26(24)32(46)48-33(47)35(36,37)38/h3,6-9,12-17,21-22,29H,4,10,18-20H2,1-2H3,(H4,39,40,41). The fraction of sp³-hybridized carbons (Fsp3) is 0.286. The van der Waals surface area contributed by atoms with E-state index in [0.29, 0.717) is 36.2 Å². The number of rotatable bonds is 9. The second-order valence-electron chi connectivity index (χ2n) is 11.1. The predicted molar refractivity (Wildman–Crippen MR) is 173 cm³/mol. The lowest BCUT2D eigenvalue weighted by Crippen LogP contribution is -2.45. The summed E-state index contributed by atoms with van der Waals surface area (Å²) in [5.74, 6) is 1.10. The van der Waals surface area contributed by atoms with Crippen LogP contribution in [0.15, 0.2) is 77.8 Å². The summed E-state index contributed by atoms with van der Waals surface area (Å²) < 4.78 is 42.5. The lowest BCUT2D eigenvalue weighted by atomic mass is 10.0. The van der Waals surface area contributed by atoms with Gasteiger partial charge in [0.05, 0.1) is 16.8 Å². The van der Waals surface area contributed by atoms with E-state index in [4.69, 9.17) is 11.5 Å². The van der Waals surface area contributed by atoms with E-state index in [1.807, 2.05) is 13.8 Å². The van der Waals surface area contributed by atoms with Crippen LogP contribution in [-0.2, 0) is 20.7 Å². The van der Waals surface area contributed by atoms with Crippen molar-refractivity contribution in [2.75, 3.05) is 18.0 Å². The van der Waals surface area contributed by atoms with Crippen LogP contribution in [0.3, 0.4) is 0 Å². The van der Waals surface area contributed by atoms with E-state index in [1.54, 1.807) is 59.5 Å². The summed E-state index contributed by atoms with van der Waals surface area (Å²) in [4.78, 5) is 59.7. The van der Waals surface area contributed by atoms with Gasteiger partial charge in [0.25, 0.3) is 11.8 Å². The van der Waals surface area contributed by atoms with Crippen LogP contribution in [0.1, 0.15) is 70.1 Å². The predicted octanol–water partition coefficient (Wildman–Crippen LogP) is 4.52. The van der Waals surface area contributed by atoms with Gasteiger partial charge in [-0.05, 0) is 62.1 Å². The number of anilines is 1. The van der Waals surface area contributed by atoms with Gasteiger partial charge in [-0.1, -0.05) is 60.4 Å². The number of alkyl halides is 3. The zero-order valence-electron chi connectivity index (χ0n) is 26.3. The molecule has 1 atom stereocenters. The number of amides is 2. The molecule has 0 aromatic heterocycles. The third-order valence-corrected chi connectivity index (χ3v) is 7.43. The third-order valence-electron chi connectivity index (χ3n) is 7.43. The smallest absolute Gasteiger partial charge is 0.383 e. The van der Waals surface area contributed by atoms with Crippen LogP contribution in [0.4, 0.5) is 18.9 Å². The highest BCUT2D eigenvalue weighted by Crippen LogP contribution is 2.36. The van der Waals surface area contributed by atoms with Crippen LogP contribution >= 0.6 is 0 Å². The average molecular weight is 662 g/mol. The Morgan fingerprint density at radius 1 is 1.00 bits per heavy atom. The van der Waals surface area contributed by atoms with Gasteiger partial charge >= 0.3 is 18.1 Å². The fourth-order valence-corrected chi connectivity index (χ4v) is 5.29. The highest BCUT2D eigenvalue weighted by atomic mass is 19.4. The van der Waals surface area contributed by atoms with E-state index < -0.39 is 30.1 Å². The molecule has 48 heavy (non-hydrogen) atoms. The normalized spacial score (nSPS) is 14.5. The zero-order chi connectivity index (χ0) is 35.0. The number of esters is 2. The molecule has 1 aliphatic rings. The van der Waals surface area contributed by atoms with E-state index in [-0.39, 0.29) is 47.6 Å². The summed E-state index contributed by atoms with van der Waals surface area (Å²) in [6.07, 6.45) is -4.30. The van der Waals surface area contributed by atoms with Gasteiger partial charge in [0.1, 0.15) is 6.04 Å². The molecule has 0 fully saturated rings. The van der Waals surface area contributed by atoms with Gasteiger partial charge in [-0.15, -0.1) is 0 Å². The number of carbonyl (C=O) groups is 4. The SMILES string of the molecule is CC(C)N1C(=O)C(c2ccccc2)N(CCc2ccccc2C(=O)OC(=O)C(F)(F)F)C(=O)c2cc(C#CCCCN=C(N)N)ccc21. The number of aliphatic imine (C=N–C) groups is 1.